The molecule has 0 atom stereocenters. The number of nitrogens with zero attached hydrogens (tertiary/aromatic N) is 1. The number of rotatable bonds is 3. The maximum atomic E-state index is 11.5. The minimum atomic E-state index is -0.466. The Balaban J connectivity index is 2.05. The van der Waals surface area contributed by atoms with E-state index in [1.165, 1.54) is 0 Å². The van der Waals surface area contributed by atoms with Crippen LogP contribution in [0.15, 0.2) is 36.4 Å². The third kappa shape index (κ3) is 3.20. The quantitative estimate of drug-likeness (QED) is 0.899. The van der Waals surface area contributed by atoms with Crippen molar-refractivity contribution in [2.75, 3.05) is 11.9 Å². The van der Waals surface area contributed by atoms with Gasteiger partial charge in [-0.05, 0) is 24.1 Å². The molecule has 0 radical (unpaired) electrons. The van der Waals surface area contributed by atoms with Gasteiger partial charge in [-0.25, -0.2) is 9.78 Å². The predicted octanol–water partition coefficient (Wildman–Crippen LogP) is 3.44. The summed E-state index contributed by atoms with van der Waals surface area (Å²) in [4.78, 5) is 15.8. The van der Waals surface area contributed by atoms with Crippen molar-refractivity contribution in [3.63, 3.8) is 0 Å². The zero-order chi connectivity index (χ0) is 13.0. The summed E-state index contributed by atoms with van der Waals surface area (Å²) in [5, 5.41) is 3.66. The molecular weight excluding hydrogens is 228 g/mol. The fourth-order valence-electron chi connectivity index (χ4n) is 1.52. The number of amides is 1. The first-order chi connectivity index (χ1) is 8.65. The minimum Gasteiger partial charge on any atom is -0.449 e. The number of pyridine rings is 1. The highest BCUT2D eigenvalue weighted by molar-refractivity contribution is 5.86. The van der Waals surface area contributed by atoms with Crippen molar-refractivity contribution in [1.82, 2.24) is 4.98 Å². The lowest BCUT2D eigenvalue weighted by molar-refractivity contribution is 0.147. The van der Waals surface area contributed by atoms with Crippen molar-refractivity contribution in [3.8, 4) is 0 Å². The van der Waals surface area contributed by atoms with Crippen LogP contribution in [0.5, 0.6) is 0 Å². The van der Waals surface area contributed by atoms with E-state index in [0.29, 0.717) is 18.3 Å². The van der Waals surface area contributed by atoms with E-state index in [1.807, 2.05) is 44.2 Å². The summed E-state index contributed by atoms with van der Waals surface area (Å²) in [5.41, 5.74) is 0.846. The van der Waals surface area contributed by atoms with Crippen LogP contribution in [0.3, 0.4) is 0 Å². The van der Waals surface area contributed by atoms with E-state index in [9.17, 15) is 4.79 Å². The summed E-state index contributed by atoms with van der Waals surface area (Å²) >= 11 is 0. The molecule has 2 aromatic rings. The Kier molecular flexibility index (Phi) is 3.77. The molecule has 0 unspecified atom stereocenters. The van der Waals surface area contributed by atoms with Crippen molar-refractivity contribution in [1.29, 1.82) is 0 Å². The number of benzene rings is 1. The van der Waals surface area contributed by atoms with Gasteiger partial charge in [0, 0.05) is 5.39 Å². The molecule has 0 aliphatic carbocycles. The molecule has 1 aromatic heterocycles. The van der Waals surface area contributed by atoms with Crippen molar-refractivity contribution < 1.29 is 9.53 Å². The second-order valence-electron chi connectivity index (χ2n) is 4.51. The number of aromatic nitrogens is 1. The van der Waals surface area contributed by atoms with Gasteiger partial charge in [0.05, 0.1) is 12.1 Å². The first kappa shape index (κ1) is 12.4. The van der Waals surface area contributed by atoms with Crippen LogP contribution in [0.1, 0.15) is 13.8 Å². The predicted molar refractivity (Wildman–Crippen MR) is 71.6 cm³/mol. The number of hydrogen-bond donors (Lipinski definition) is 1. The van der Waals surface area contributed by atoms with Gasteiger partial charge in [0.1, 0.15) is 5.82 Å². The molecule has 0 spiro atoms. The van der Waals surface area contributed by atoms with Crippen LogP contribution in [-0.4, -0.2) is 17.7 Å². The highest BCUT2D eigenvalue weighted by atomic mass is 16.5. The van der Waals surface area contributed by atoms with E-state index in [-0.39, 0.29) is 0 Å². The zero-order valence-electron chi connectivity index (χ0n) is 10.5. The lowest BCUT2D eigenvalue weighted by Gasteiger charge is -2.08. The standard InChI is InChI=1S/C14H16N2O2/c1-10(2)9-18-14(17)16-13-8-7-11-5-3-4-6-12(11)15-13/h3-8,10H,9H2,1-2H3,(H,15,16,17). The Morgan fingerprint density at radius 2 is 2.06 bits per heavy atom. The summed E-state index contributed by atoms with van der Waals surface area (Å²) < 4.78 is 5.03. The normalized spacial score (nSPS) is 10.6. The van der Waals surface area contributed by atoms with Crippen LogP contribution in [-0.2, 0) is 4.74 Å². The molecule has 18 heavy (non-hydrogen) atoms. The van der Waals surface area contributed by atoms with Crippen LogP contribution >= 0.6 is 0 Å². The van der Waals surface area contributed by atoms with Gasteiger partial charge >= 0.3 is 6.09 Å². The summed E-state index contributed by atoms with van der Waals surface area (Å²) in [6.07, 6.45) is -0.466. The number of nitrogens with one attached hydrogen (secondary N) is 1. The average Bonchev–Trinajstić information content (AvgIpc) is 2.36. The van der Waals surface area contributed by atoms with Gasteiger partial charge < -0.3 is 4.74 Å². The summed E-state index contributed by atoms with van der Waals surface area (Å²) in [5.74, 6) is 0.822. The second kappa shape index (κ2) is 5.49. The van der Waals surface area contributed by atoms with Crippen molar-refractivity contribution >= 4 is 22.8 Å². The average molecular weight is 244 g/mol. The smallest absolute Gasteiger partial charge is 0.412 e. The van der Waals surface area contributed by atoms with E-state index in [4.69, 9.17) is 4.74 Å². The van der Waals surface area contributed by atoms with Crippen LogP contribution in [0, 0.1) is 5.92 Å². The van der Waals surface area contributed by atoms with Crippen molar-refractivity contribution in [3.05, 3.63) is 36.4 Å². The van der Waals surface area contributed by atoms with Crippen LogP contribution < -0.4 is 5.32 Å². The lowest BCUT2D eigenvalue weighted by Crippen LogP contribution is -2.17. The topological polar surface area (TPSA) is 51.2 Å². The largest absolute Gasteiger partial charge is 0.449 e. The van der Waals surface area contributed by atoms with Gasteiger partial charge in [-0.1, -0.05) is 32.0 Å². The Hall–Kier alpha value is -2.10. The highest BCUT2D eigenvalue weighted by Crippen LogP contribution is 2.14. The summed E-state index contributed by atoms with van der Waals surface area (Å²) in [6, 6.07) is 11.4. The van der Waals surface area contributed by atoms with Crippen molar-refractivity contribution in [2.24, 2.45) is 5.92 Å². The molecule has 0 fully saturated rings. The molecule has 0 aliphatic heterocycles. The van der Waals surface area contributed by atoms with Crippen LogP contribution in [0.25, 0.3) is 10.9 Å². The zero-order valence-corrected chi connectivity index (χ0v) is 10.5. The number of hydrogen-bond acceptors (Lipinski definition) is 3. The number of para-hydroxylation sites is 1. The number of ether oxygens (including phenoxy) is 1. The van der Waals surface area contributed by atoms with E-state index >= 15 is 0 Å². The van der Waals surface area contributed by atoms with Gasteiger partial charge in [0.25, 0.3) is 0 Å². The van der Waals surface area contributed by atoms with Gasteiger partial charge in [0.15, 0.2) is 0 Å². The van der Waals surface area contributed by atoms with E-state index < -0.39 is 6.09 Å². The van der Waals surface area contributed by atoms with Gasteiger partial charge in [-0.15, -0.1) is 0 Å². The molecule has 1 heterocycles. The Morgan fingerprint density at radius 1 is 1.28 bits per heavy atom. The molecule has 0 saturated carbocycles. The fraction of sp³-hybridized carbons (Fsp3) is 0.286. The first-order valence-corrected chi connectivity index (χ1v) is 5.95. The molecule has 1 aromatic carbocycles. The first-order valence-electron chi connectivity index (χ1n) is 5.95. The van der Waals surface area contributed by atoms with Crippen LogP contribution in [0.2, 0.25) is 0 Å². The second-order valence-corrected chi connectivity index (χ2v) is 4.51. The van der Waals surface area contributed by atoms with E-state index in [0.717, 1.165) is 10.9 Å². The molecule has 4 heteroatoms. The SMILES string of the molecule is CC(C)COC(=O)Nc1ccc2ccccc2n1. The molecule has 0 aliphatic rings. The Bertz CT molecular complexity index is 552. The summed E-state index contributed by atoms with van der Waals surface area (Å²) in [6.45, 7) is 4.38. The molecular formula is C14H16N2O2. The highest BCUT2D eigenvalue weighted by Gasteiger charge is 2.05. The fourth-order valence-corrected chi connectivity index (χ4v) is 1.52. The maximum absolute atomic E-state index is 11.5. The number of anilines is 1. The molecule has 4 nitrogen and oxygen atoms in total. The molecule has 0 saturated heterocycles. The third-order valence-corrected chi connectivity index (χ3v) is 2.38. The monoisotopic (exact) mass is 244 g/mol. The van der Waals surface area contributed by atoms with E-state index in [1.54, 1.807) is 6.07 Å². The van der Waals surface area contributed by atoms with Gasteiger partial charge in [-0.3, -0.25) is 5.32 Å². The third-order valence-electron chi connectivity index (χ3n) is 2.38. The van der Waals surface area contributed by atoms with Crippen LogP contribution in [0.4, 0.5) is 10.6 Å². The number of carbonyl (C=O) groups excluding carboxylic acids is 1. The lowest BCUT2D eigenvalue weighted by atomic mass is 10.2. The number of fused-ring (bicyclic) bond motifs is 1. The molecule has 0 bridgehead atoms. The molecule has 94 valence electrons. The Labute approximate surface area is 106 Å². The molecule has 1 amide bonds. The minimum absolute atomic E-state index is 0.320. The summed E-state index contributed by atoms with van der Waals surface area (Å²) in [7, 11) is 0. The number of carbonyl (C=O) groups is 1. The maximum Gasteiger partial charge on any atom is 0.412 e. The molecule has 2 rings (SSSR count). The van der Waals surface area contributed by atoms with Crippen molar-refractivity contribution in [2.45, 2.75) is 13.8 Å². The van der Waals surface area contributed by atoms with Gasteiger partial charge in [-0.2, -0.15) is 0 Å². The van der Waals surface area contributed by atoms with E-state index in [2.05, 4.69) is 10.3 Å². The van der Waals surface area contributed by atoms with Gasteiger partial charge in [0.2, 0.25) is 0 Å². The molecule has 1 N–H and O–H groups in total. The Morgan fingerprint density at radius 3 is 2.83 bits per heavy atom.